The molecule has 1 aliphatic rings. The molecule has 2 aromatic carbocycles. The monoisotopic (exact) mass is 444 g/mol. The van der Waals surface area contributed by atoms with E-state index in [9.17, 15) is 9.59 Å². The fourth-order valence-corrected chi connectivity index (χ4v) is 3.46. The number of benzene rings is 2. The van der Waals surface area contributed by atoms with Crippen molar-refractivity contribution in [3.05, 3.63) is 58.6 Å². The lowest BCUT2D eigenvalue weighted by atomic mass is 10.0. The number of rotatable bonds is 7. The average molecular weight is 445 g/mol. The van der Waals surface area contributed by atoms with Gasteiger partial charge in [-0.2, -0.15) is 0 Å². The summed E-state index contributed by atoms with van der Waals surface area (Å²) in [6.07, 6.45) is -0.234. The first-order valence-corrected chi connectivity index (χ1v) is 10.9. The zero-order valence-corrected chi connectivity index (χ0v) is 19.2. The third-order valence-electron chi connectivity index (χ3n) is 4.98. The summed E-state index contributed by atoms with van der Waals surface area (Å²) in [5.41, 5.74) is 0.720. The molecule has 7 heteroatoms. The van der Waals surface area contributed by atoms with Gasteiger partial charge in [0.1, 0.15) is 5.75 Å². The van der Waals surface area contributed by atoms with E-state index in [0.717, 1.165) is 31.9 Å². The molecule has 0 aliphatic carbocycles. The van der Waals surface area contributed by atoms with Gasteiger partial charge in [0.05, 0.1) is 11.8 Å². The fourth-order valence-electron chi connectivity index (χ4n) is 3.34. The Labute approximate surface area is 188 Å². The van der Waals surface area contributed by atoms with E-state index in [0.29, 0.717) is 21.9 Å². The van der Waals surface area contributed by atoms with Crippen LogP contribution in [0.5, 0.6) is 5.75 Å². The molecule has 0 unspecified atom stereocenters. The first-order chi connectivity index (χ1) is 14.7. The zero-order valence-electron chi connectivity index (χ0n) is 18.4. The summed E-state index contributed by atoms with van der Waals surface area (Å²) >= 11 is 5.95. The van der Waals surface area contributed by atoms with Crippen molar-refractivity contribution >= 4 is 29.0 Å². The predicted octanol–water partition coefficient (Wildman–Crippen LogP) is 4.09. The number of hydrogen-bond donors (Lipinski definition) is 1. The van der Waals surface area contributed by atoms with Gasteiger partial charge in [0, 0.05) is 42.3 Å². The molecule has 6 nitrogen and oxygen atoms in total. The highest BCUT2D eigenvalue weighted by Gasteiger charge is 2.34. The summed E-state index contributed by atoms with van der Waals surface area (Å²) in [7, 11) is 0. The van der Waals surface area contributed by atoms with Crippen LogP contribution in [0.25, 0.3) is 0 Å². The van der Waals surface area contributed by atoms with Crippen LogP contribution in [0.3, 0.4) is 0 Å². The SMILES string of the molecule is CC(C)OC(=O)C(C)(C)Oc1ccc(C(=O)c2ccc(Cl)cc2)cc1N1CCNCC1. The van der Waals surface area contributed by atoms with Gasteiger partial charge in [-0.05, 0) is 70.2 Å². The molecule has 1 saturated heterocycles. The Hall–Kier alpha value is -2.57. The number of nitrogens with zero attached hydrogens (tertiary/aromatic N) is 1. The van der Waals surface area contributed by atoms with Crippen LogP contribution in [0.2, 0.25) is 5.02 Å². The minimum Gasteiger partial charge on any atom is -0.474 e. The van der Waals surface area contributed by atoms with Gasteiger partial charge < -0.3 is 19.7 Å². The van der Waals surface area contributed by atoms with Gasteiger partial charge in [-0.25, -0.2) is 4.79 Å². The number of piperazine rings is 1. The van der Waals surface area contributed by atoms with E-state index in [1.807, 2.05) is 6.07 Å². The summed E-state index contributed by atoms with van der Waals surface area (Å²) in [6.45, 7) is 10.2. The molecule has 1 heterocycles. The van der Waals surface area contributed by atoms with Crippen molar-refractivity contribution in [1.29, 1.82) is 0 Å². The molecule has 0 radical (unpaired) electrons. The number of halogens is 1. The molecule has 0 amide bonds. The molecule has 1 aliphatic heterocycles. The summed E-state index contributed by atoms with van der Waals surface area (Å²) in [4.78, 5) is 27.7. The van der Waals surface area contributed by atoms with Gasteiger partial charge >= 0.3 is 5.97 Å². The summed E-state index contributed by atoms with van der Waals surface area (Å²) in [6, 6.07) is 12.1. The highest BCUT2D eigenvalue weighted by atomic mass is 35.5. The van der Waals surface area contributed by atoms with Crippen LogP contribution in [0.1, 0.15) is 43.6 Å². The minimum atomic E-state index is -1.17. The van der Waals surface area contributed by atoms with Crippen LogP contribution in [-0.2, 0) is 9.53 Å². The quantitative estimate of drug-likeness (QED) is 0.512. The molecule has 0 bridgehead atoms. The Kier molecular flexibility index (Phi) is 7.23. The number of esters is 1. The predicted molar refractivity (Wildman–Crippen MR) is 122 cm³/mol. The second-order valence-corrected chi connectivity index (χ2v) is 8.76. The van der Waals surface area contributed by atoms with E-state index in [2.05, 4.69) is 10.2 Å². The molecule has 1 fully saturated rings. The van der Waals surface area contributed by atoms with E-state index < -0.39 is 11.6 Å². The molecular weight excluding hydrogens is 416 g/mol. The van der Waals surface area contributed by atoms with Gasteiger partial charge in [0.15, 0.2) is 11.4 Å². The molecule has 0 atom stereocenters. The maximum absolute atomic E-state index is 13.0. The number of ketones is 1. The standard InChI is InChI=1S/C24H29ClN2O4/c1-16(2)30-23(29)24(3,4)31-21-10-7-18(15-20(21)27-13-11-26-12-14-27)22(28)17-5-8-19(25)9-6-17/h5-10,15-16,26H,11-14H2,1-4H3. The summed E-state index contributed by atoms with van der Waals surface area (Å²) < 4.78 is 11.5. The van der Waals surface area contributed by atoms with Gasteiger partial charge in [0.2, 0.25) is 0 Å². The lowest BCUT2D eigenvalue weighted by Gasteiger charge is -2.33. The maximum Gasteiger partial charge on any atom is 0.350 e. The van der Waals surface area contributed by atoms with Gasteiger partial charge in [-0.15, -0.1) is 0 Å². The first-order valence-electron chi connectivity index (χ1n) is 10.5. The molecule has 31 heavy (non-hydrogen) atoms. The van der Waals surface area contributed by atoms with E-state index in [1.54, 1.807) is 64.1 Å². The Bertz CT molecular complexity index is 935. The smallest absolute Gasteiger partial charge is 0.350 e. The van der Waals surface area contributed by atoms with E-state index in [-0.39, 0.29) is 11.9 Å². The highest BCUT2D eigenvalue weighted by molar-refractivity contribution is 6.30. The second kappa shape index (κ2) is 9.71. The lowest BCUT2D eigenvalue weighted by Crippen LogP contribution is -2.45. The molecule has 1 N–H and O–H groups in total. The van der Waals surface area contributed by atoms with E-state index in [4.69, 9.17) is 21.1 Å². The van der Waals surface area contributed by atoms with Crippen molar-refractivity contribution in [2.24, 2.45) is 0 Å². The highest BCUT2D eigenvalue weighted by Crippen LogP contribution is 2.34. The van der Waals surface area contributed by atoms with Crippen molar-refractivity contribution < 1.29 is 19.1 Å². The Morgan fingerprint density at radius 1 is 1.03 bits per heavy atom. The van der Waals surface area contributed by atoms with Crippen LogP contribution in [0, 0.1) is 0 Å². The Morgan fingerprint density at radius 3 is 2.26 bits per heavy atom. The molecule has 0 aromatic heterocycles. The second-order valence-electron chi connectivity index (χ2n) is 8.32. The van der Waals surface area contributed by atoms with Crippen LogP contribution < -0.4 is 15.0 Å². The van der Waals surface area contributed by atoms with Crippen molar-refractivity contribution in [3.8, 4) is 5.75 Å². The van der Waals surface area contributed by atoms with Crippen LogP contribution in [0.4, 0.5) is 5.69 Å². The third-order valence-corrected chi connectivity index (χ3v) is 5.24. The number of nitrogens with one attached hydrogen (secondary N) is 1. The Balaban J connectivity index is 1.94. The topological polar surface area (TPSA) is 67.9 Å². The van der Waals surface area contributed by atoms with Gasteiger partial charge in [0.25, 0.3) is 0 Å². The van der Waals surface area contributed by atoms with Crippen molar-refractivity contribution in [2.45, 2.75) is 39.4 Å². The maximum atomic E-state index is 13.0. The number of anilines is 1. The average Bonchev–Trinajstić information content (AvgIpc) is 2.74. The van der Waals surface area contributed by atoms with Crippen LogP contribution in [0.15, 0.2) is 42.5 Å². The lowest BCUT2D eigenvalue weighted by molar-refractivity contribution is -0.163. The van der Waals surface area contributed by atoms with Crippen molar-refractivity contribution in [3.63, 3.8) is 0 Å². The largest absolute Gasteiger partial charge is 0.474 e. The molecule has 166 valence electrons. The molecule has 2 aromatic rings. The van der Waals surface area contributed by atoms with Gasteiger partial charge in [-0.1, -0.05) is 11.6 Å². The molecule has 0 saturated carbocycles. The van der Waals surface area contributed by atoms with Crippen LogP contribution in [-0.4, -0.2) is 49.6 Å². The third kappa shape index (κ3) is 5.77. The van der Waals surface area contributed by atoms with Crippen molar-refractivity contribution in [2.75, 3.05) is 31.1 Å². The van der Waals surface area contributed by atoms with E-state index in [1.165, 1.54) is 0 Å². The normalized spacial score (nSPS) is 14.5. The molecule has 3 rings (SSSR count). The summed E-state index contributed by atoms with van der Waals surface area (Å²) in [5.74, 6) is 0.00780. The van der Waals surface area contributed by atoms with Crippen LogP contribution >= 0.6 is 11.6 Å². The first kappa shape index (κ1) is 23.1. The van der Waals surface area contributed by atoms with Crippen molar-refractivity contribution in [1.82, 2.24) is 5.32 Å². The Morgan fingerprint density at radius 2 is 1.65 bits per heavy atom. The minimum absolute atomic E-state index is 0.0990. The molecular formula is C24H29ClN2O4. The number of carbonyl (C=O) groups excluding carboxylic acids is 2. The number of ether oxygens (including phenoxy) is 2. The van der Waals surface area contributed by atoms with Gasteiger partial charge in [-0.3, -0.25) is 4.79 Å². The molecule has 0 spiro atoms. The number of carbonyl (C=O) groups is 2. The zero-order chi connectivity index (χ0) is 22.6. The van der Waals surface area contributed by atoms with E-state index >= 15 is 0 Å². The summed E-state index contributed by atoms with van der Waals surface area (Å²) in [5, 5.41) is 3.91. The number of hydrogen-bond acceptors (Lipinski definition) is 6. The fraction of sp³-hybridized carbons (Fsp3) is 0.417.